The number of para-hydroxylation sites is 2. The molecule has 0 spiro atoms. The van der Waals surface area contributed by atoms with Crippen molar-refractivity contribution in [3.63, 3.8) is 0 Å². The topological polar surface area (TPSA) is 78.1 Å². The van der Waals surface area contributed by atoms with Crippen LogP contribution in [0, 0.1) is 0 Å². The van der Waals surface area contributed by atoms with Gasteiger partial charge in [-0.3, -0.25) is 4.79 Å². The lowest BCUT2D eigenvalue weighted by Gasteiger charge is -2.30. The molecule has 2 N–H and O–H groups in total. The zero-order valence-corrected chi connectivity index (χ0v) is 20.9. The van der Waals surface area contributed by atoms with Crippen molar-refractivity contribution in [2.45, 2.75) is 24.8 Å². The maximum atomic E-state index is 13.8. The largest absolute Gasteiger partial charge is 0.497 e. The number of carbonyl (C=O) groups is 1. The van der Waals surface area contributed by atoms with Crippen molar-refractivity contribution in [3.8, 4) is 23.0 Å². The zero-order valence-electron chi connectivity index (χ0n) is 20.9. The first-order valence-corrected chi connectivity index (χ1v) is 11.9. The van der Waals surface area contributed by atoms with Gasteiger partial charge in [-0.1, -0.05) is 24.3 Å². The smallest absolute Gasteiger partial charge is 0.203 e. The summed E-state index contributed by atoms with van der Waals surface area (Å²) in [5, 5.41) is 7.19. The fourth-order valence-electron chi connectivity index (χ4n) is 5.14. The van der Waals surface area contributed by atoms with Gasteiger partial charge in [-0.15, -0.1) is 0 Å². The van der Waals surface area contributed by atoms with E-state index in [1.807, 2.05) is 60.7 Å². The molecule has 186 valence electrons. The molecule has 0 aromatic heterocycles. The van der Waals surface area contributed by atoms with E-state index in [0.29, 0.717) is 30.1 Å². The molecule has 3 aromatic carbocycles. The Hall–Kier alpha value is -4.13. The van der Waals surface area contributed by atoms with Crippen LogP contribution in [0.25, 0.3) is 0 Å². The third-order valence-corrected chi connectivity index (χ3v) is 6.89. The molecule has 36 heavy (non-hydrogen) atoms. The number of anilines is 2. The van der Waals surface area contributed by atoms with Crippen molar-refractivity contribution in [1.82, 2.24) is 0 Å². The van der Waals surface area contributed by atoms with Crippen molar-refractivity contribution >= 4 is 17.2 Å². The van der Waals surface area contributed by atoms with Crippen LogP contribution in [0.2, 0.25) is 0 Å². The van der Waals surface area contributed by atoms with Gasteiger partial charge in [-0.2, -0.15) is 0 Å². The molecule has 1 aliphatic carbocycles. The summed E-state index contributed by atoms with van der Waals surface area (Å²) in [5.74, 6) is 2.49. The number of ketones is 1. The molecule has 0 bridgehead atoms. The van der Waals surface area contributed by atoms with Gasteiger partial charge in [0.1, 0.15) is 5.75 Å². The highest BCUT2D eigenvalue weighted by Gasteiger charge is 2.36. The van der Waals surface area contributed by atoms with Crippen molar-refractivity contribution < 1.29 is 23.7 Å². The second-order valence-corrected chi connectivity index (χ2v) is 8.90. The Morgan fingerprint density at radius 2 is 1.47 bits per heavy atom. The first-order valence-electron chi connectivity index (χ1n) is 11.9. The molecule has 0 unspecified atom stereocenters. The monoisotopic (exact) mass is 486 g/mol. The average molecular weight is 487 g/mol. The van der Waals surface area contributed by atoms with Gasteiger partial charge in [-0.05, 0) is 59.9 Å². The number of methoxy groups -OCH3 is 4. The van der Waals surface area contributed by atoms with Crippen LogP contribution in [0.15, 0.2) is 71.9 Å². The number of rotatable bonds is 6. The number of fused-ring (bicyclic) bond motifs is 1. The fraction of sp³-hybridized carbons (Fsp3) is 0.276. The summed E-state index contributed by atoms with van der Waals surface area (Å²) in [6.45, 7) is 0. The second-order valence-electron chi connectivity index (χ2n) is 8.90. The van der Waals surface area contributed by atoms with E-state index in [-0.39, 0.29) is 17.7 Å². The molecule has 1 heterocycles. The quantitative estimate of drug-likeness (QED) is 0.463. The highest BCUT2D eigenvalue weighted by atomic mass is 16.5. The molecule has 3 aromatic rings. The average Bonchev–Trinajstić information content (AvgIpc) is 3.09. The molecule has 2 atom stereocenters. The molecular formula is C29H30N2O5. The fourth-order valence-corrected chi connectivity index (χ4v) is 5.14. The molecule has 1 aliphatic heterocycles. The SMILES string of the molecule is COc1cccc([C@H]2Nc3ccccc3NC3=C2C(=O)C[C@@H](c2cc(OC)c(OC)c(OC)c2)C3)c1. The molecule has 7 heteroatoms. The van der Waals surface area contributed by atoms with Crippen LogP contribution >= 0.6 is 0 Å². The number of hydrogen-bond donors (Lipinski definition) is 2. The lowest BCUT2D eigenvalue weighted by molar-refractivity contribution is -0.116. The van der Waals surface area contributed by atoms with Gasteiger partial charge in [0.25, 0.3) is 0 Å². The van der Waals surface area contributed by atoms with Crippen molar-refractivity contribution in [2.75, 3.05) is 39.1 Å². The number of Topliss-reactive ketones (excluding diaryl/α,β-unsaturated/α-hetero) is 1. The molecule has 7 nitrogen and oxygen atoms in total. The summed E-state index contributed by atoms with van der Waals surface area (Å²) >= 11 is 0. The maximum absolute atomic E-state index is 13.8. The summed E-state index contributed by atoms with van der Waals surface area (Å²) in [6, 6.07) is 19.5. The van der Waals surface area contributed by atoms with Crippen LogP contribution in [0.1, 0.15) is 35.9 Å². The molecule has 0 saturated carbocycles. The molecule has 0 saturated heterocycles. The third kappa shape index (κ3) is 4.21. The van der Waals surface area contributed by atoms with E-state index in [2.05, 4.69) is 10.6 Å². The summed E-state index contributed by atoms with van der Waals surface area (Å²) in [6.07, 6.45) is 1.04. The minimum Gasteiger partial charge on any atom is -0.497 e. The Morgan fingerprint density at radius 3 is 2.14 bits per heavy atom. The summed E-state index contributed by atoms with van der Waals surface area (Å²) in [7, 11) is 6.43. The van der Waals surface area contributed by atoms with Crippen LogP contribution in [0.5, 0.6) is 23.0 Å². The van der Waals surface area contributed by atoms with Crippen molar-refractivity contribution in [1.29, 1.82) is 0 Å². The van der Waals surface area contributed by atoms with Crippen LogP contribution < -0.4 is 29.6 Å². The van der Waals surface area contributed by atoms with Gasteiger partial charge < -0.3 is 29.6 Å². The van der Waals surface area contributed by atoms with E-state index in [0.717, 1.165) is 39.5 Å². The highest BCUT2D eigenvalue weighted by molar-refractivity contribution is 6.01. The summed E-state index contributed by atoms with van der Waals surface area (Å²) < 4.78 is 22.1. The number of hydrogen-bond acceptors (Lipinski definition) is 7. The normalized spacial score (nSPS) is 18.7. The number of nitrogens with one attached hydrogen (secondary N) is 2. The zero-order chi connectivity index (χ0) is 25.2. The summed E-state index contributed by atoms with van der Waals surface area (Å²) in [4.78, 5) is 13.8. The molecule has 5 rings (SSSR count). The van der Waals surface area contributed by atoms with Crippen LogP contribution in [0.3, 0.4) is 0 Å². The molecule has 2 aliphatic rings. The predicted molar refractivity (Wildman–Crippen MR) is 140 cm³/mol. The number of benzene rings is 3. The van der Waals surface area contributed by atoms with E-state index in [4.69, 9.17) is 18.9 Å². The van der Waals surface area contributed by atoms with Crippen LogP contribution in [-0.4, -0.2) is 34.2 Å². The van der Waals surface area contributed by atoms with Crippen LogP contribution in [-0.2, 0) is 4.79 Å². The van der Waals surface area contributed by atoms with Gasteiger partial charge in [0, 0.05) is 17.7 Å². The Bertz CT molecular complexity index is 1310. The van der Waals surface area contributed by atoms with Crippen LogP contribution in [0.4, 0.5) is 11.4 Å². The van der Waals surface area contributed by atoms with Gasteiger partial charge in [-0.25, -0.2) is 0 Å². The van der Waals surface area contributed by atoms with E-state index < -0.39 is 0 Å². The lowest BCUT2D eigenvalue weighted by Crippen LogP contribution is -2.27. The van der Waals surface area contributed by atoms with Gasteiger partial charge in [0.05, 0.1) is 45.9 Å². The number of carbonyl (C=O) groups excluding carboxylic acids is 1. The summed E-state index contributed by atoms with van der Waals surface area (Å²) in [5.41, 5.74) is 5.48. The predicted octanol–water partition coefficient (Wildman–Crippen LogP) is 5.70. The minimum atomic E-state index is -0.306. The Labute approximate surface area is 211 Å². The van der Waals surface area contributed by atoms with Gasteiger partial charge in [0.15, 0.2) is 17.3 Å². The maximum Gasteiger partial charge on any atom is 0.203 e. The number of ether oxygens (including phenoxy) is 4. The van der Waals surface area contributed by atoms with E-state index in [1.165, 1.54) is 0 Å². The molecule has 0 fully saturated rings. The number of allylic oxidation sites excluding steroid dienone is 1. The molecular weight excluding hydrogens is 456 g/mol. The minimum absolute atomic E-state index is 0.0475. The van der Waals surface area contributed by atoms with E-state index >= 15 is 0 Å². The van der Waals surface area contributed by atoms with E-state index in [1.54, 1.807) is 28.4 Å². The van der Waals surface area contributed by atoms with Crippen molar-refractivity contribution in [3.05, 3.63) is 83.1 Å². The third-order valence-electron chi connectivity index (χ3n) is 6.89. The molecule has 0 radical (unpaired) electrons. The second kappa shape index (κ2) is 9.85. The van der Waals surface area contributed by atoms with Gasteiger partial charge >= 0.3 is 0 Å². The lowest BCUT2D eigenvalue weighted by atomic mass is 9.78. The molecule has 0 amide bonds. The van der Waals surface area contributed by atoms with E-state index in [9.17, 15) is 4.79 Å². The first-order chi connectivity index (χ1) is 17.6. The standard InChI is InChI=1S/C29H30N2O5/c1-33-20-9-7-8-17(12-20)28-27-23(30-21-10-5-6-11-22(21)31-28)13-18(14-24(27)32)19-15-25(34-2)29(36-4)26(16-19)35-3/h5-12,15-16,18,28,30-31H,13-14H2,1-4H3/t18-,28+/m0/s1. The first kappa shape index (κ1) is 23.6. The van der Waals surface area contributed by atoms with Gasteiger partial charge in [0.2, 0.25) is 5.75 Å². The Kier molecular flexibility index (Phi) is 6.46. The Balaban J connectivity index is 1.60. The van der Waals surface area contributed by atoms with Crippen molar-refractivity contribution in [2.24, 2.45) is 0 Å². The Morgan fingerprint density at radius 1 is 0.750 bits per heavy atom. The highest BCUT2D eigenvalue weighted by Crippen LogP contribution is 2.47.